The summed E-state index contributed by atoms with van der Waals surface area (Å²) in [7, 11) is 0. The van der Waals surface area contributed by atoms with Gasteiger partial charge in [-0.3, -0.25) is 23.7 Å². The Morgan fingerprint density at radius 1 is 0.930 bits per heavy atom. The number of fused-ring (bicyclic) bond motifs is 2. The van der Waals surface area contributed by atoms with Crippen LogP contribution in [0.4, 0.5) is 11.4 Å². The van der Waals surface area contributed by atoms with Crippen molar-refractivity contribution in [3.8, 4) is 0 Å². The first-order valence-electron chi connectivity index (χ1n) is 13.4. The number of nitrogens with one attached hydrogen (secondary N) is 1. The van der Waals surface area contributed by atoms with Crippen LogP contribution in [0.5, 0.6) is 0 Å². The fourth-order valence-corrected chi connectivity index (χ4v) is 8.26. The van der Waals surface area contributed by atoms with Crippen LogP contribution in [0.2, 0.25) is 5.02 Å². The van der Waals surface area contributed by atoms with Gasteiger partial charge in [-0.25, -0.2) is 9.69 Å². The van der Waals surface area contributed by atoms with E-state index in [2.05, 4.69) is 5.32 Å². The van der Waals surface area contributed by atoms with Crippen LogP contribution in [0, 0.1) is 5.92 Å². The second-order valence-corrected chi connectivity index (χ2v) is 12.5. The van der Waals surface area contributed by atoms with Gasteiger partial charge in [0.1, 0.15) is 11.8 Å². The first-order valence-corrected chi connectivity index (χ1v) is 15.5. The van der Waals surface area contributed by atoms with Crippen LogP contribution >= 0.6 is 34.7 Å². The molecule has 3 amide bonds. The quantitative estimate of drug-likeness (QED) is 0.220. The third-order valence-corrected chi connectivity index (χ3v) is 10.1. The smallest absolute Gasteiger partial charge is 0.338 e. The normalized spacial score (nSPS) is 19.1. The third-order valence-electron chi connectivity index (χ3n) is 7.27. The Balaban J connectivity index is 1.38. The van der Waals surface area contributed by atoms with Crippen molar-refractivity contribution < 1.29 is 23.9 Å². The minimum absolute atomic E-state index is 0.222. The molecule has 0 aliphatic carbocycles. The zero-order valence-corrected chi connectivity index (χ0v) is 25.1. The summed E-state index contributed by atoms with van der Waals surface area (Å²) in [6, 6.07) is 22.0. The number of rotatable bonds is 7. The number of halogens is 1. The number of esters is 1. The van der Waals surface area contributed by atoms with Gasteiger partial charge in [0.05, 0.1) is 28.8 Å². The minimum Gasteiger partial charge on any atom is -0.462 e. The Labute approximate surface area is 259 Å². The molecule has 3 aromatic carbocycles. The summed E-state index contributed by atoms with van der Waals surface area (Å²) in [5.41, 5.74) is 1.95. The Kier molecular flexibility index (Phi) is 7.95. The Morgan fingerprint density at radius 2 is 1.63 bits per heavy atom. The summed E-state index contributed by atoms with van der Waals surface area (Å²) >= 11 is 8.27. The molecule has 3 atom stereocenters. The number of nitrogens with zero attached hydrogens (tertiary/aromatic N) is 2. The lowest BCUT2D eigenvalue weighted by Gasteiger charge is -2.30. The Morgan fingerprint density at radius 3 is 2.30 bits per heavy atom. The molecule has 1 saturated heterocycles. The number of thiazole rings is 1. The fraction of sp³-hybridized carbons (Fsp3) is 0.194. The molecule has 2 aliphatic rings. The lowest BCUT2D eigenvalue weighted by molar-refractivity contribution is -0.122. The number of para-hydroxylation sites is 1. The minimum atomic E-state index is -0.845. The lowest BCUT2D eigenvalue weighted by atomic mass is 9.83. The predicted molar refractivity (Wildman–Crippen MR) is 165 cm³/mol. The second-order valence-electron chi connectivity index (χ2n) is 9.91. The zero-order chi connectivity index (χ0) is 30.2. The van der Waals surface area contributed by atoms with Gasteiger partial charge in [0.15, 0.2) is 0 Å². The van der Waals surface area contributed by atoms with Gasteiger partial charge in [-0.15, -0.1) is 0 Å². The maximum Gasteiger partial charge on any atom is 0.338 e. The highest BCUT2D eigenvalue weighted by Gasteiger charge is 2.56. The molecule has 0 saturated carbocycles. The van der Waals surface area contributed by atoms with Crippen molar-refractivity contribution in [1.82, 2.24) is 4.57 Å². The number of carbonyl (C=O) groups is 4. The number of carbonyl (C=O) groups excluding carboxylic acids is 4. The summed E-state index contributed by atoms with van der Waals surface area (Å²) in [6.45, 7) is 1.68. The molecule has 12 heteroatoms. The summed E-state index contributed by atoms with van der Waals surface area (Å²) < 4.78 is 6.41. The molecular weight excluding hydrogens is 610 g/mol. The van der Waals surface area contributed by atoms with E-state index in [1.165, 1.54) is 16.7 Å². The molecule has 0 unspecified atom stereocenters. The topological polar surface area (TPSA) is 115 Å². The molecule has 0 bridgehead atoms. The molecule has 0 spiro atoms. The average Bonchev–Trinajstić information content (AvgIpc) is 3.44. The number of imide groups is 1. The van der Waals surface area contributed by atoms with E-state index >= 15 is 0 Å². The number of benzene rings is 3. The molecule has 218 valence electrons. The fourth-order valence-electron chi connectivity index (χ4n) is 5.37. The monoisotopic (exact) mass is 633 g/mol. The van der Waals surface area contributed by atoms with Gasteiger partial charge in [-0.05, 0) is 61.0 Å². The third kappa shape index (κ3) is 5.39. The van der Waals surface area contributed by atoms with E-state index < -0.39 is 40.8 Å². The molecule has 0 radical (unpaired) electrons. The van der Waals surface area contributed by atoms with Crippen molar-refractivity contribution in [2.24, 2.45) is 5.92 Å². The van der Waals surface area contributed by atoms with Crippen molar-refractivity contribution in [3.05, 3.63) is 110 Å². The van der Waals surface area contributed by atoms with Crippen molar-refractivity contribution in [2.75, 3.05) is 16.8 Å². The summed E-state index contributed by atoms with van der Waals surface area (Å²) in [5.74, 6) is -3.16. The van der Waals surface area contributed by atoms with Gasteiger partial charge in [-0.2, -0.15) is 0 Å². The van der Waals surface area contributed by atoms with Crippen molar-refractivity contribution in [2.45, 2.75) is 29.7 Å². The maximum absolute atomic E-state index is 14.0. The standard InChI is InChI=1S/C31H24ClN3O6S2/c1-2-41-30(39)18-10-14-21(15-11-18)35-27(37)24-23(17-8-12-19(32)13-9-17)26-29(42-25(24)28(35)38)34(31(40)43-26)16-22(36)33-20-6-4-3-5-7-20/h3-15,23-25H,2,16H2,1H3,(H,33,36)/t23-,24+,25-/m0/s1. The predicted octanol–water partition coefficient (Wildman–Crippen LogP) is 5.17. The average molecular weight is 634 g/mol. The molecule has 43 heavy (non-hydrogen) atoms. The van der Waals surface area contributed by atoms with Crippen molar-refractivity contribution in [3.63, 3.8) is 0 Å². The number of hydrogen-bond donors (Lipinski definition) is 1. The van der Waals surface area contributed by atoms with Gasteiger partial charge in [-0.1, -0.05) is 65.0 Å². The highest BCUT2D eigenvalue weighted by molar-refractivity contribution is 8.00. The molecule has 1 aromatic heterocycles. The SMILES string of the molecule is CCOC(=O)c1ccc(N2C(=O)[C@@H]3[C@H](c4ccc(Cl)cc4)c4sc(=O)n(CC(=O)Nc5ccccc5)c4S[C@@H]3C2=O)cc1. The molecule has 3 heterocycles. The van der Waals surface area contributed by atoms with Crippen LogP contribution in [0.15, 0.2) is 88.7 Å². The van der Waals surface area contributed by atoms with E-state index in [1.807, 2.05) is 6.07 Å². The van der Waals surface area contributed by atoms with Crippen LogP contribution in [0.3, 0.4) is 0 Å². The summed E-state index contributed by atoms with van der Waals surface area (Å²) in [4.78, 5) is 67.7. The van der Waals surface area contributed by atoms with Crippen LogP contribution in [-0.4, -0.2) is 40.1 Å². The second kappa shape index (κ2) is 11.8. The van der Waals surface area contributed by atoms with Gasteiger partial charge >= 0.3 is 10.8 Å². The van der Waals surface area contributed by atoms with E-state index in [0.717, 1.165) is 33.6 Å². The van der Waals surface area contributed by atoms with Gasteiger partial charge < -0.3 is 10.1 Å². The lowest BCUT2D eigenvalue weighted by Crippen LogP contribution is -2.33. The first-order chi connectivity index (χ1) is 20.8. The molecule has 2 aliphatic heterocycles. The molecule has 1 fully saturated rings. The molecule has 6 rings (SSSR count). The Hall–Kier alpha value is -4.19. The van der Waals surface area contributed by atoms with E-state index in [1.54, 1.807) is 67.6 Å². The largest absolute Gasteiger partial charge is 0.462 e. The van der Waals surface area contributed by atoms with E-state index in [-0.39, 0.29) is 18.0 Å². The van der Waals surface area contributed by atoms with Crippen LogP contribution in [-0.2, 0) is 25.7 Å². The number of thioether (sulfide) groups is 1. The Bertz CT molecular complexity index is 1790. The first kappa shape index (κ1) is 28.9. The molecular formula is C31H24ClN3O6S2. The van der Waals surface area contributed by atoms with Crippen LogP contribution in [0.1, 0.15) is 33.6 Å². The zero-order valence-electron chi connectivity index (χ0n) is 22.7. The highest BCUT2D eigenvalue weighted by Crippen LogP contribution is 2.54. The number of amides is 3. The highest BCUT2D eigenvalue weighted by atomic mass is 35.5. The van der Waals surface area contributed by atoms with Gasteiger partial charge in [0.25, 0.3) is 0 Å². The maximum atomic E-state index is 14.0. The van der Waals surface area contributed by atoms with E-state index in [9.17, 15) is 24.0 Å². The number of aromatic nitrogens is 1. The number of anilines is 2. The molecule has 4 aromatic rings. The summed E-state index contributed by atoms with van der Waals surface area (Å²) in [5, 5.41) is 2.94. The van der Waals surface area contributed by atoms with Crippen molar-refractivity contribution in [1.29, 1.82) is 0 Å². The summed E-state index contributed by atoms with van der Waals surface area (Å²) in [6.07, 6.45) is 0. The van der Waals surface area contributed by atoms with Gasteiger partial charge in [0, 0.05) is 21.5 Å². The number of ether oxygens (including phenoxy) is 1. The van der Waals surface area contributed by atoms with Crippen LogP contribution in [0.25, 0.3) is 0 Å². The van der Waals surface area contributed by atoms with Crippen LogP contribution < -0.4 is 15.1 Å². The number of hydrogen-bond acceptors (Lipinski definition) is 8. The van der Waals surface area contributed by atoms with E-state index in [0.29, 0.717) is 31.9 Å². The molecule has 9 nitrogen and oxygen atoms in total. The molecule has 1 N–H and O–H groups in total. The van der Waals surface area contributed by atoms with Gasteiger partial charge in [0.2, 0.25) is 17.7 Å². The van der Waals surface area contributed by atoms with Crippen molar-refractivity contribution >= 4 is 69.8 Å². The van der Waals surface area contributed by atoms with E-state index in [4.69, 9.17) is 16.3 Å².